The number of phenolic OH excluding ortho intramolecular Hbond substituents is 1. The van der Waals surface area contributed by atoms with Gasteiger partial charge in [-0.3, -0.25) is 20.0 Å². The van der Waals surface area contributed by atoms with Crippen molar-refractivity contribution in [3.05, 3.63) is 87.8 Å². The van der Waals surface area contributed by atoms with Crippen molar-refractivity contribution in [1.29, 1.82) is 0 Å². The highest BCUT2D eigenvalue weighted by atomic mass is 16.5. The predicted molar refractivity (Wildman–Crippen MR) is 220 cm³/mol. The molecule has 10 rings (SSSR count). The molecule has 0 saturated heterocycles. The van der Waals surface area contributed by atoms with Gasteiger partial charge >= 0.3 is 0 Å². The average Bonchev–Trinajstić information content (AvgIpc) is 3.96. The van der Waals surface area contributed by atoms with Crippen molar-refractivity contribution in [2.75, 3.05) is 13.1 Å². The molecule has 8 aliphatic rings. The number of Topliss-reactive ketones (excluding diaryl/α,β-unsaturated/α-hetero) is 1. The molecule has 1 spiro atoms. The summed E-state index contributed by atoms with van der Waals surface area (Å²) >= 11 is 0. The number of carbonyl (C=O) groups excluding carboxylic acids is 1. The van der Waals surface area contributed by atoms with E-state index in [-0.39, 0.29) is 54.5 Å². The van der Waals surface area contributed by atoms with E-state index in [1.807, 2.05) is 31.3 Å². The third-order valence-electron chi connectivity index (χ3n) is 14.5. The van der Waals surface area contributed by atoms with E-state index in [1.54, 1.807) is 6.07 Å². The number of carbonyl (C=O) groups is 1. The van der Waals surface area contributed by atoms with Crippen LogP contribution in [0.25, 0.3) is 0 Å². The molecule has 2 aromatic carbocycles. The smallest absolute Gasteiger partial charge is 0.252 e. The topological polar surface area (TPSA) is 171 Å². The van der Waals surface area contributed by atoms with Crippen LogP contribution in [0.3, 0.4) is 0 Å². The van der Waals surface area contributed by atoms with E-state index in [1.165, 1.54) is 11.6 Å². The number of nitrogens with one attached hydrogen (secondary N) is 2. The van der Waals surface area contributed by atoms with Gasteiger partial charge in [0.15, 0.2) is 11.5 Å². The van der Waals surface area contributed by atoms with Gasteiger partial charge in [0.1, 0.15) is 48.1 Å². The van der Waals surface area contributed by atoms with Crippen LogP contribution in [-0.4, -0.2) is 63.4 Å². The number of aliphatic hydroxyl groups excluding tert-OH is 3. The minimum absolute atomic E-state index is 0.0323. The highest BCUT2D eigenvalue weighted by Gasteiger charge is 2.52. The molecule has 0 aromatic heterocycles. The van der Waals surface area contributed by atoms with Gasteiger partial charge in [0.25, 0.3) is 6.23 Å². The quantitative estimate of drug-likeness (QED) is 0.170. The minimum Gasteiger partial charge on any atom is -0.508 e. The fourth-order valence-corrected chi connectivity index (χ4v) is 11.3. The Bertz CT molecular complexity index is 2340. The number of nitrogens with two attached hydrogens (primary N) is 1. The first-order valence-electron chi connectivity index (χ1n) is 21.5. The summed E-state index contributed by atoms with van der Waals surface area (Å²) in [6.45, 7) is 3.39. The minimum atomic E-state index is -1.05. The molecular formula is C48H53N4O7+. The molecule has 5 aliphatic heterocycles. The van der Waals surface area contributed by atoms with E-state index in [0.717, 1.165) is 83.5 Å². The zero-order valence-electron chi connectivity index (χ0n) is 33.4. The number of benzene rings is 2. The van der Waals surface area contributed by atoms with Crippen molar-refractivity contribution in [2.45, 2.75) is 114 Å². The van der Waals surface area contributed by atoms with E-state index < -0.39 is 41.8 Å². The number of aliphatic hydroxyl groups is 3. The Morgan fingerprint density at radius 3 is 2.76 bits per heavy atom. The number of aryl methyl sites for hydroxylation is 1. The SMILES string of the molecule is CC1C=CC(C(O)CC(=O)CCc2cc3c(cc2O)OC#CC2(CCCC2)C2C#CC(O)c4ccc5c6c4C(CCC6CNC5N)C4=CN=C5C[NH+](C=C45)C2O3)C(O)C1. The van der Waals surface area contributed by atoms with Crippen molar-refractivity contribution in [3.63, 3.8) is 0 Å². The van der Waals surface area contributed by atoms with Gasteiger partial charge in [-0.15, -0.1) is 0 Å². The monoisotopic (exact) mass is 797 g/mol. The van der Waals surface area contributed by atoms with Gasteiger partial charge in [-0.2, -0.15) is 0 Å². The van der Waals surface area contributed by atoms with Gasteiger partial charge in [-0.05, 0) is 89.8 Å². The summed E-state index contributed by atoms with van der Waals surface area (Å²) < 4.78 is 13.2. The van der Waals surface area contributed by atoms with Crippen molar-refractivity contribution < 1.29 is 39.6 Å². The number of phenols is 1. The summed E-state index contributed by atoms with van der Waals surface area (Å²) in [4.78, 5) is 19.2. The first-order valence-corrected chi connectivity index (χ1v) is 21.5. The van der Waals surface area contributed by atoms with Crippen LogP contribution in [0.1, 0.15) is 117 Å². The number of hydrogen-bond donors (Lipinski definition) is 7. The maximum Gasteiger partial charge on any atom is 0.252 e. The molecule has 8 N–H and O–H groups in total. The van der Waals surface area contributed by atoms with Crippen molar-refractivity contribution in [1.82, 2.24) is 5.32 Å². The summed E-state index contributed by atoms with van der Waals surface area (Å²) in [5.74, 6) is 10.5. The van der Waals surface area contributed by atoms with Crippen LogP contribution in [0.2, 0.25) is 0 Å². The Balaban J connectivity index is 1.01. The third-order valence-corrected chi connectivity index (χ3v) is 14.5. The number of quaternary nitrogens is 1. The van der Waals surface area contributed by atoms with Gasteiger partial charge in [0, 0.05) is 43.5 Å². The molecule has 1 fully saturated rings. The van der Waals surface area contributed by atoms with Crippen LogP contribution in [0, 0.1) is 47.0 Å². The zero-order chi connectivity index (χ0) is 40.6. The summed E-state index contributed by atoms with van der Waals surface area (Å²) in [5.41, 5.74) is 14.1. The summed E-state index contributed by atoms with van der Waals surface area (Å²) in [6.07, 6.45) is 13.6. The molecule has 2 bridgehead atoms. The highest BCUT2D eigenvalue weighted by molar-refractivity contribution is 6.08. The Morgan fingerprint density at radius 2 is 1.93 bits per heavy atom. The Morgan fingerprint density at radius 1 is 1.10 bits per heavy atom. The maximum absolute atomic E-state index is 13.2. The fourth-order valence-electron chi connectivity index (χ4n) is 11.3. The maximum atomic E-state index is 13.2. The highest BCUT2D eigenvalue weighted by Crippen LogP contribution is 2.52. The van der Waals surface area contributed by atoms with E-state index in [9.17, 15) is 25.2 Å². The molecule has 11 heteroatoms. The van der Waals surface area contributed by atoms with Crippen LogP contribution in [0.15, 0.2) is 65.0 Å². The molecule has 11 atom stereocenters. The Labute approximate surface area is 345 Å². The number of aliphatic imine (C=N–C) groups is 1. The molecule has 0 radical (unpaired) electrons. The number of aromatic hydroxyl groups is 1. The standard InChI is InChI=1S/C48H52N4O7/c1-26-4-8-31(40(56)18-26)41(57)20-29(53)7-5-27-19-43-42(21-39(27)55)58-17-16-48(14-2-3-15-48)36-12-13-38(54)32-10-11-33-44-28(22-51-46(33)49)6-9-30(45(32)44)34-23-50-37-25-52(24-35(34)37)47(36)59-43/h4,8,10-11,19,21,23-24,26,28,30-31,36,38,40-41,46-47,51,54-57H,2-3,5-7,9,14-15,18,20,22,25,49H2,1H3/p+1. The third kappa shape index (κ3) is 6.73. The number of ether oxygens (including phenoxy) is 2. The number of allylic oxidation sites excluding steroid dienone is 2. The number of rotatable bonds is 6. The van der Waals surface area contributed by atoms with Gasteiger partial charge in [0.2, 0.25) is 0 Å². The molecular weight excluding hydrogens is 745 g/mol. The van der Waals surface area contributed by atoms with Crippen molar-refractivity contribution >= 4 is 11.5 Å². The zero-order valence-corrected chi connectivity index (χ0v) is 33.4. The normalized spacial score (nSPS) is 33.4. The average molecular weight is 798 g/mol. The first-order chi connectivity index (χ1) is 28.6. The van der Waals surface area contributed by atoms with Crippen molar-refractivity contribution in [2.24, 2.45) is 33.9 Å². The Hall–Kier alpha value is -4.72. The molecule has 306 valence electrons. The molecule has 0 amide bonds. The van der Waals surface area contributed by atoms with E-state index >= 15 is 0 Å². The molecule has 1 saturated carbocycles. The van der Waals surface area contributed by atoms with E-state index in [4.69, 9.17) is 20.2 Å². The lowest BCUT2D eigenvalue weighted by Gasteiger charge is -2.41. The molecule has 5 heterocycles. The largest absolute Gasteiger partial charge is 0.508 e. The number of fused-ring (bicyclic) bond motifs is 6. The number of ketones is 1. The second-order valence-electron chi connectivity index (χ2n) is 18.1. The second-order valence-corrected chi connectivity index (χ2v) is 18.1. The lowest BCUT2D eigenvalue weighted by molar-refractivity contribution is -0.888. The van der Waals surface area contributed by atoms with Gasteiger partial charge in [-0.25, -0.2) is 0 Å². The van der Waals surface area contributed by atoms with Crippen LogP contribution in [0.4, 0.5) is 0 Å². The summed E-state index contributed by atoms with van der Waals surface area (Å²) in [7, 11) is 0. The second kappa shape index (κ2) is 15.1. The lowest BCUT2D eigenvalue weighted by Crippen LogP contribution is -3.13. The van der Waals surface area contributed by atoms with E-state index in [0.29, 0.717) is 30.2 Å². The van der Waals surface area contributed by atoms with Crippen LogP contribution in [0.5, 0.6) is 17.2 Å². The van der Waals surface area contributed by atoms with Crippen molar-refractivity contribution in [3.8, 4) is 41.1 Å². The van der Waals surface area contributed by atoms with Gasteiger partial charge in [-0.1, -0.05) is 61.8 Å². The first kappa shape index (κ1) is 38.5. The van der Waals surface area contributed by atoms with Crippen LogP contribution >= 0.6 is 0 Å². The molecule has 11 nitrogen and oxygen atoms in total. The molecule has 3 aliphatic carbocycles. The van der Waals surface area contributed by atoms with Crippen LogP contribution in [-0.2, 0) is 11.2 Å². The number of nitrogens with zero attached hydrogens (tertiary/aromatic N) is 1. The summed E-state index contributed by atoms with van der Waals surface area (Å²) in [5, 5.41) is 48.3. The lowest BCUT2D eigenvalue weighted by atomic mass is 9.67. The number of hydrogen-bond acceptors (Lipinski definition) is 10. The van der Waals surface area contributed by atoms with E-state index in [2.05, 4.69) is 41.5 Å². The van der Waals surface area contributed by atoms with Gasteiger partial charge < -0.3 is 35.6 Å². The molecule has 59 heavy (non-hydrogen) atoms. The Kier molecular flexibility index (Phi) is 9.83. The molecule has 11 unspecified atom stereocenters. The van der Waals surface area contributed by atoms with Gasteiger partial charge in [0.05, 0.1) is 29.4 Å². The summed E-state index contributed by atoms with van der Waals surface area (Å²) in [6, 6.07) is 7.32. The van der Waals surface area contributed by atoms with Crippen LogP contribution < -0.4 is 25.4 Å². The predicted octanol–water partition coefficient (Wildman–Crippen LogP) is 3.85. The fraction of sp³-hybridized carbons (Fsp3) is 0.500. The molecule has 2 aromatic rings.